The summed E-state index contributed by atoms with van der Waals surface area (Å²) in [6, 6.07) is 11.8. The van der Waals surface area contributed by atoms with Gasteiger partial charge >= 0.3 is 6.01 Å². The van der Waals surface area contributed by atoms with Crippen molar-refractivity contribution in [3.8, 4) is 17.3 Å². The number of aromatic nitrogens is 3. The second-order valence-electron chi connectivity index (χ2n) is 12.3. The van der Waals surface area contributed by atoms with E-state index in [9.17, 15) is 0 Å². The number of anilines is 1. The molecule has 3 aliphatic heterocycles. The van der Waals surface area contributed by atoms with Crippen LogP contribution >= 0.6 is 11.6 Å². The molecule has 4 aromatic rings. The van der Waals surface area contributed by atoms with E-state index in [-0.39, 0.29) is 22.8 Å². The van der Waals surface area contributed by atoms with Crippen LogP contribution in [0.2, 0.25) is 5.02 Å². The van der Waals surface area contributed by atoms with Crippen LogP contribution in [0.25, 0.3) is 32.9 Å². The van der Waals surface area contributed by atoms with E-state index in [4.69, 9.17) is 26.3 Å². The Hall–Kier alpha value is -3.03. The van der Waals surface area contributed by atoms with Gasteiger partial charge in [0, 0.05) is 35.3 Å². The molecule has 3 saturated heterocycles. The molecule has 5 heterocycles. The van der Waals surface area contributed by atoms with Gasteiger partial charge in [-0.05, 0) is 81.3 Å². The van der Waals surface area contributed by atoms with Crippen molar-refractivity contribution in [1.82, 2.24) is 19.9 Å². The summed E-state index contributed by atoms with van der Waals surface area (Å²) in [5.74, 6) is 1.61. The molecule has 206 valence electrons. The fourth-order valence-corrected chi connectivity index (χ4v) is 8.33. The zero-order valence-electron chi connectivity index (χ0n) is 22.6. The molecular formula is C32H33ClFN5O. The van der Waals surface area contributed by atoms with E-state index in [0.717, 1.165) is 55.6 Å². The first-order valence-corrected chi connectivity index (χ1v) is 15.1. The molecule has 0 spiro atoms. The lowest BCUT2D eigenvalue weighted by Gasteiger charge is -2.34. The zero-order chi connectivity index (χ0) is 26.8. The number of hydrogen-bond donors (Lipinski definition) is 0. The predicted molar refractivity (Wildman–Crippen MR) is 157 cm³/mol. The van der Waals surface area contributed by atoms with Gasteiger partial charge in [-0.2, -0.15) is 9.97 Å². The molecule has 0 radical (unpaired) electrons. The summed E-state index contributed by atoms with van der Waals surface area (Å²) in [6.45, 7) is 4.66. The third-order valence-electron chi connectivity index (χ3n) is 9.94. The normalized spacial score (nSPS) is 23.8. The van der Waals surface area contributed by atoms with E-state index >= 15 is 4.39 Å². The van der Waals surface area contributed by atoms with Crippen molar-refractivity contribution in [2.45, 2.75) is 50.5 Å². The van der Waals surface area contributed by atoms with Crippen LogP contribution in [0.15, 0.2) is 42.6 Å². The smallest absolute Gasteiger partial charge is 0.319 e. The molecule has 6 nitrogen and oxygen atoms in total. The molecule has 2 aromatic carbocycles. The molecule has 4 fully saturated rings. The fourth-order valence-electron chi connectivity index (χ4n) is 8.05. The summed E-state index contributed by atoms with van der Waals surface area (Å²) >= 11 is 6.61. The molecule has 2 atom stereocenters. The first kappa shape index (κ1) is 24.7. The summed E-state index contributed by atoms with van der Waals surface area (Å²) in [7, 11) is 0. The highest BCUT2D eigenvalue weighted by Crippen LogP contribution is 2.42. The molecule has 2 unspecified atom stereocenters. The minimum absolute atomic E-state index is 0.0599. The predicted octanol–water partition coefficient (Wildman–Crippen LogP) is 6.88. The molecule has 4 aliphatic rings. The van der Waals surface area contributed by atoms with Crippen molar-refractivity contribution >= 4 is 39.1 Å². The molecule has 8 heteroatoms. The topological polar surface area (TPSA) is 54.4 Å². The molecular weight excluding hydrogens is 525 g/mol. The second-order valence-corrected chi connectivity index (χ2v) is 12.7. The lowest BCUT2D eigenvalue weighted by molar-refractivity contribution is 0.108. The van der Waals surface area contributed by atoms with Crippen molar-refractivity contribution in [2.75, 3.05) is 37.7 Å². The quantitative estimate of drug-likeness (QED) is 0.266. The zero-order valence-corrected chi connectivity index (χ0v) is 23.3. The summed E-state index contributed by atoms with van der Waals surface area (Å²) in [5.41, 5.74) is 1.23. The lowest BCUT2D eigenvalue weighted by Crippen LogP contribution is -2.43. The lowest BCUT2D eigenvalue weighted by atomic mass is 9.95. The van der Waals surface area contributed by atoms with Crippen LogP contribution in [-0.4, -0.2) is 58.2 Å². The van der Waals surface area contributed by atoms with Crippen molar-refractivity contribution in [2.24, 2.45) is 11.8 Å². The largest absolute Gasteiger partial charge is 0.461 e. The number of halogens is 2. The first-order chi connectivity index (χ1) is 19.6. The van der Waals surface area contributed by atoms with Crippen molar-refractivity contribution in [3.05, 3.63) is 53.4 Å². The summed E-state index contributed by atoms with van der Waals surface area (Å²) in [5, 5.41) is 2.95. The standard InChI is InChI=1S/C32H33ClFN5O/c33-25-8-2-6-22-5-1-7-23(26(22)25)28-27(34)29-24(16-35-28)30(38-17-20-9-10-21(15-20)18-38)37-31(36-29)40-19-32-11-3-13-39(32)14-4-12-32/h1-2,5-8,16,20-21H,3-4,9-15,17-19H2. The number of hydrogen-bond acceptors (Lipinski definition) is 6. The maximum absolute atomic E-state index is 16.6. The van der Waals surface area contributed by atoms with Gasteiger partial charge in [-0.1, -0.05) is 41.9 Å². The molecule has 2 bridgehead atoms. The Morgan fingerprint density at radius 1 is 1.00 bits per heavy atom. The van der Waals surface area contributed by atoms with E-state index < -0.39 is 5.82 Å². The van der Waals surface area contributed by atoms with Crippen LogP contribution < -0.4 is 9.64 Å². The third kappa shape index (κ3) is 3.96. The molecule has 1 aliphatic carbocycles. The van der Waals surface area contributed by atoms with E-state index in [1.807, 2.05) is 36.4 Å². The first-order valence-electron chi connectivity index (χ1n) is 14.7. The van der Waals surface area contributed by atoms with Crippen molar-refractivity contribution in [1.29, 1.82) is 0 Å². The van der Waals surface area contributed by atoms with Gasteiger partial charge < -0.3 is 9.64 Å². The number of benzene rings is 2. The van der Waals surface area contributed by atoms with Gasteiger partial charge in [-0.25, -0.2) is 4.39 Å². The average molecular weight is 558 g/mol. The van der Waals surface area contributed by atoms with E-state index in [1.165, 1.54) is 32.1 Å². The number of pyridine rings is 1. The average Bonchev–Trinajstić information content (AvgIpc) is 3.65. The monoisotopic (exact) mass is 557 g/mol. The molecule has 1 saturated carbocycles. The minimum atomic E-state index is -0.458. The molecule has 0 amide bonds. The Kier molecular flexibility index (Phi) is 5.89. The van der Waals surface area contributed by atoms with Gasteiger partial charge in [0.2, 0.25) is 0 Å². The molecule has 2 aromatic heterocycles. The number of fused-ring (bicyclic) bond motifs is 5. The van der Waals surface area contributed by atoms with E-state index in [0.29, 0.717) is 34.4 Å². The maximum atomic E-state index is 16.6. The summed E-state index contributed by atoms with van der Waals surface area (Å²) in [4.78, 5) is 19.2. The van der Waals surface area contributed by atoms with E-state index in [2.05, 4.69) is 14.8 Å². The molecule has 8 rings (SSSR count). The van der Waals surface area contributed by atoms with Crippen LogP contribution in [0.5, 0.6) is 6.01 Å². The van der Waals surface area contributed by atoms with Crippen LogP contribution in [0, 0.1) is 17.7 Å². The van der Waals surface area contributed by atoms with Gasteiger partial charge in [-0.15, -0.1) is 0 Å². The van der Waals surface area contributed by atoms with Gasteiger partial charge in [-0.3, -0.25) is 9.88 Å². The Bertz CT molecular complexity index is 1600. The van der Waals surface area contributed by atoms with Crippen LogP contribution in [-0.2, 0) is 0 Å². The third-order valence-corrected chi connectivity index (χ3v) is 10.3. The van der Waals surface area contributed by atoms with Gasteiger partial charge in [0.05, 0.1) is 10.9 Å². The number of rotatable bonds is 5. The highest BCUT2D eigenvalue weighted by atomic mass is 35.5. The van der Waals surface area contributed by atoms with Crippen LogP contribution in [0.3, 0.4) is 0 Å². The van der Waals surface area contributed by atoms with E-state index in [1.54, 1.807) is 6.20 Å². The highest BCUT2D eigenvalue weighted by Gasteiger charge is 2.45. The second kappa shape index (κ2) is 9.52. The number of piperidine rings is 1. The van der Waals surface area contributed by atoms with Crippen LogP contribution in [0.4, 0.5) is 10.2 Å². The summed E-state index contributed by atoms with van der Waals surface area (Å²) < 4.78 is 23.0. The van der Waals surface area contributed by atoms with Crippen molar-refractivity contribution < 1.29 is 9.13 Å². The fraction of sp³-hybridized carbons (Fsp3) is 0.469. The van der Waals surface area contributed by atoms with Gasteiger partial charge in [0.1, 0.15) is 23.6 Å². The van der Waals surface area contributed by atoms with Gasteiger partial charge in [0.15, 0.2) is 5.82 Å². The maximum Gasteiger partial charge on any atom is 0.319 e. The molecule has 0 N–H and O–H groups in total. The Balaban J connectivity index is 1.25. The highest BCUT2D eigenvalue weighted by molar-refractivity contribution is 6.36. The van der Waals surface area contributed by atoms with Gasteiger partial charge in [0.25, 0.3) is 0 Å². The molecule has 40 heavy (non-hydrogen) atoms. The summed E-state index contributed by atoms with van der Waals surface area (Å²) in [6.07, 6.45) is 10.2. The number of ether oxygens (including phenoxy) is 1. The minimum Gasteiger partial charge on any atom is -0.461 e. The Labute approximate surface area is 238 Å². The number of nitrogens with zero attached hydrogens (tertiary/aromatic N) is 5. The van der Waals surface area contributed by atoms with Crippen LogP contribution in [0.1, 0.15) is 44.9 Å². The Morgan fingerprint density at radius 3 is 2.52 bits per heavy atom. The van der Waals surface area contributed by atoms with Crippen molar-refractivity contribution in [3.63, 3.8) is 0 Å². The Morgan fingerprint density at radius 2 is 1.75 bits per heavy atom. The SMILES string of the molecule is Fc1c(-c2cccc3cccc(Cl)c23)ncc2c(N3CC4CCC(C4)C3)nc(OCC34CCCN3CCC4)nc12.